The monoisotopic (exact) mass is 478 g/mol. The highest BCUT2D eigenvalue weighted by Crippen LogP contribution is 2.31. The first-order valence-corrected chi connectivity index (χ1v) is 10.7. The van der Waals surface area contributed by atoms with Crippen LogP contribution in [0.25, 0.3) is 0 Å². The van der Waals surface area contributed by atoms with E-state index < -0.39 is 18.1 Å². The lowest BCUT2D eigenvalue weighted by Gasteiger charge is -2.17. The average molecular weight is 479 g/mol. The second kappa shape index (κ2) is 9.75. The van der Waals surface area contributed by atoms with Gasteiger partial charge in [-0.1, -0.05) is 41.6 Å². The predicted molar refractivity (Wildman–Crippen MR) is 117 cm³/mol. The lowest BCUT2D eigenvalue weighted by molar-refractivity contribution is -0.174. The number of benzene rings is 2. The summed E-state index contributed by atoms with van der Waals surface area (Å²) in [5.41, 5.74) is 1.83. The summed E-state index contributed by atoms with van der Waals surface area (Å²) < 4.78 is 37.5. The number of aromatic nitrogens is 1. The van der Waals surface area contributed by atoms with E-state index >= 15 is 0 Å². The number of carbonyl (C=O) groups is 2. The molecule has 0 unspecified atom stereocenters. The zero-order chi connectivity index (χ0) is 23.5. The molecule has 4 nitrogen and oxygen atoms in total. The molecule has 1 aromatic heterocycles. The maximum atomic E-state index is 13.2. The summed E-state index contributed by atoms with van der Waals surface area (Å²) in [6.45, 7) is 3.14. The van der Waals surface area contributed by atoms with Crippen LogP contribution in [0.2, 0.25) is 5.02 Å². The number of ketones is 1. The van der Waals surface area contributed by atoms with Crippen molar-refractivity contribution in [1.29, 1.82) is 0 Å². The summed E-state index contributed by atoms with van der Waals surface area (Å²) in [4.78, 5) is 29.6. The van der Waals surface area contributed by atoms with Crippen LogP contribution >= 0.6 is 23.4 Å². The summed E-state index contributed by atoms with van der Waals surface area (Å²) in [6, 6.07) is 14.3. The third-order valence-corrected chi connectivity index (χ3v) is 5.92. The average Bonchev–Trinajstić information content (AvgIpc) is 2.74. The Labute approximate surface area is 192 Å². The highest BCUT2D eigenvalue weighted by atomic mass is 35.5. The number of halogens is 4. The van der Waals surface area contributed by atoms with E-state index in [0.717, 1.165) is 4.90 Å². The Morgan fingerprint density at radius 1 is 1.06 bits per heavy atom. The molecule has 9 heteroatoms. The van der Waals surface area contributed by atoms with Gasteiger partial charge >= 0.3 is 12.1 Å². The van der Waals surface area contributed by atoms with Crippen molar-refractivity contribution in [1.82, 2.24) is 10.3 Å². The van der Waals surface area contributed by atoms with Crippen molar-refractivity contribution >= 4 is 35.1 Å². The molecular weight excluding hydrogens is 461 g/mol. The summed E-state index contributed by atoms with van der Waals surface area (Å²) in [5, 5.41) is 3.03. The van der Waals surface area contributed by atoms with Gasteiger partial charge in [0.2, 0.25) is 0 Å². The van der Waals surface area contributed by atoms with E-state index in [-0.39, 0.29) is 5.78 Å². The molecule has 1 N–H and O–H groups in total. The third kappa shape index (κ3) is 5.69. The van der Waals surface area contributed by atoms with Crippen LogP contribution in [0.4, 0.5) is 13.2 Å². The number of pyridine rings is 1. The number of hydrogen-bond acceptors (Lipinski definition) is 4. The van der Waals surface area contributed by atoms with Gasteiger partial charge in [-0.3, -0.25) is 9.59 Å². The highest BCUT2D eigenvalue weighted by Gasteiger charge is 2.39. The predicted octanol–water partition coefficient (Wildman–Crippen LogP) is 6.17. The number of nitrogens with one attached hydrogen (secondary N) is 1. The summed E-state index contributed by atoms with van der Waals surface area (Å²) >= 11 is 7.25. The minimum Gasteiger partial charge on any atom is -0.342 e. The van der Waals surface area contributed by atoms with Gasteiger partial charge in [-0.2, -0.15) is 13.2 Å². The molecular formula is C23H18ClF3N2O2S. The van der Waals surface area contributed by atoms with Crippen LogP contribution in [-0.4, -0.2) is 22.9 Å². The SMILES string of the molecule is Cc1cc([C@H](C)NC(=O)C(F)(F)F)ccc1C(=O)c1cccnc1Sc1ccc(Cl)cc1. The molecule has 0 radical (unpaired) electrons. The van der Waals surface area contributed by atoms with Crippen molar-refractivity contribution in [2.75, 3.05) is 0 Å². The van der Waals surface area contributed by atoms with Crippen LogP contribution < -0.4 is 5.32 Å². The second-order valence-electron chi connectivity index (χ2n) is 7.01. The molecule has 0 fully saturated rings. The number of nitrogens with zero attached hydrogens (tertiary/aromatic N) is 1. The van der Waals surface area contributed by atoms with Crippen LogP contribution in [0.3, 0.4) is 0 Å². The van der Waals surface area contributed by atoms with Gasteiger partial charge in [0.05, 0.1) is 11.6 Å². The van der Waals surface area contributed by atoms with E-state index in [1.807, 2.05) is 17.4 Å². The Balaban J connectivity index is 1.84. The van der Waals surface area contributed by atoms with Crippen molar-refractivity contribution in [2.45, 2.75) is 36.0 Å². The lowest BCUT2D eigenvalue weighted by atomic mass is 9.96. The second-order valence-corrected chi connectivity index (χ2v) is 8.51. The number of aryl methyl sites for hydroxylation is 1. The van der Waals surface area contributed by atoms with Crippen molar-refractivity contribution in [2.24, 2.45) is 0 Å². The quantitative estimate of drug-likeness (QED) is 0.431. The molecule has 32 heavy (non-hydrogen) atoms. The van der Waals surface area contributed by atoms with Gasteiger partial charge in [-0.15, -0.1) is 0 Å². The zero-order valence-corrected chi connectivity index (χ0v) is 18.6. The molecule has 0 aliphatic carbocycles. The largest absolute Gasteiger partial charge is 0.471 e. The molecule has 2 aromatic carbocycles. The van der Waals surface area contributed by atoms with Crippen LogP contribution in [0.5, 0.6) is 0 Å². The summed E-state index contributed by atoms with van der Waals surface area (Å²) in [6.07, 6.45) is -3.37. The van der Waals surface area contributed by atoms with Gasteiger partial charge in [0.1, 0.15) is 5.03 Å². The lowest BCUT2D eigenvalue weighted by Crippen LogP contribution is -2.38. The molecule has 1 amide bonds. The highest BCUT2D eigenvalue weighted by molar-refractivity contribution is 7.99. The van der Waals surface area contributed by atoms with E-state index in [9.17, 15) is 22.8 Å². The first-order chi connectivity index (χ1) is 15.1. The Bertz CT molecular complexity index is 1150. The summed E-state index contributed by atoms with van der Waals surface area (Å²) in [7, 11) is 0. The molecule has 0 spiro atoms. The van der Waals surface area contributed by atoms with Crippen molar-refractivity contribution in [3.63, 3.8) is 0 Å². The normalized spacial score (nSPS) is 12.3. The van der Waals surface area contributed by atoms with Gasteiger partial charge in [-0.25, -0.2) is 4.98 Å². The van der Waals surface area contributed by atoms with E-state index in [2.05, 4.69) is 4.98 Å². The van der Waals surface area contributed by atoms with Crippen molar-refractivity contribution < 1.29 is 22.8 Å². The van der Waals surface area contributed by atoms with Gasteiger partial charge in [0.15, 0.2) is 5.78 Å². The molecule has 3 aromatic rings. The van der Waals surface area contributed by atoms with Gasteiger partial charge in [0, 0.05) is 21.7 Å². The number of rotatable bonds is 6. The molecule has 1 atom stereocenters. The molecule has 0 saturated carbocycles. The van der Waals surface area contributed by atoms with Gasteiger partial charge in [-0.05, 0) is 61.4 Å². The van der Waals surface area contributed by atoms with Gasteiger partial charge < -0.3 is 5.32 Å². The fourth-order valence-electron chi connectivity index (χ4n) is 2.98. The molecule has 0 saturated heterocycles. The number of hydrogen-bond donors (Lipinski definition) is 1. The van der Waals surface area contributed by atoms with Gasteiger partial charge in [0.25, 0.3) is 0 Å². The number of carbonyl (C=O) groups excluding carboxylic acids is 2. The molecule has 0 aliphatic rings. The molecule has 166 valence electrons. The molecule has 0 aliphatic heterocycles. The fourth-order valence-corrected chi connectivity index (χ4v) is 3.98. The molecule has 3 rings (SSSR count). The Morgan fingerprint density at radius 2 is 1.75 bits per heavy atom. The zero-order valence-electron chi connectivity index (χ0n) is 17.0. The standard InChI is InChI=1S/C23H18ClF3N2O2S/c1-13-12-15(14(2)29-22(31)23(25,26)27)5-10-18(13)20(30)19-4-3-11-28-21(19)32-17-8-6-16(24)7-9-17/h3-12,14H,1-2H3,(H,29,31)/t14-/m0/s1. The summed E-state index contributed by atoms with van der Waals surface area (Å²) in [5.74, 6) is -2.27. The fraction of sp³-hybridized carbons (Fsp3) is 0.174. The van der Waals surface area contributed by atoms with E-state index in [4.69, 9.17) is 11.6 Å². The Morgan fingerprint density at radius 3 is 2.38 bits per heavy atom. The van der Waals surface area contributed by atoms with Crippen LogP contribution in [0.1, 0.15) is 40.0 Å². The van der Waals surface area contributed by atoms with E-state index in [1.54, 1.807) is 49.5 Å². The third-order valence-electron chi connectivity index (χ3n) is 4.64. The first-order valence-electron chi connectivity index (χ1n) is 9.47. The maximum Gasteiger partial charge on any atom is 0.471 e. The van der Waals surface area contributed by atoms with Crippen LogP contribution in [0, 0.1) is 6.92 Å². The maximum absolute atomic E-state index is 13.2. The Hall–Kier alpha value is -2.84. The minimum atomic E-state index is -4.96. The van der Waals surface area contributed by atoms with Crippen LogP contribution in [0.15, 0.2) is 70.7 Å². The van der Waals surface area contributed by atoms with E-state index in [0.29, 0.717) is 32.3 Å². The molecule has 1 heterocycles. The van der Waals surface area contributed by atoms with Crippen molar-refractivity contribution in [3.8, 4) is 0 Å². The first kappa shape index (κ1) is 23.8. The molecule has 0 bridgehead atoms. The topological polar surface area (TPSA) is 59.1 Å². The minimum absolute atomic E-state index is 0.259. The van der Waals surface area contributed by atoms with E-state index in [1.165, 1.54) is 24.8 Å². The number of alkyl halides is 3. The van der Waals surface area contributed by atoms with Crippen molar-refractivity contribution in [3.05, 3.63) is 88.1 Å². The smallest absolute Gasteiger partial charge is 0.342 e. The Kier molecular flexibility index (Phi) is 7.26. The van der Waals surface area contributed by atoms with Crippen LogP contribution in [-0.2, 0) is 4.79 Å². The number of amides is 1.